The molecule has 3 rings (SSSR count). The highest BCUT2D eigenvalue weighted by Crippen LogP contribution is 2.39. The van der Waals surface area contributed by atoms with E-state index in [1.165, 1.54) is 7.11 Å². The van der Waals surface area contributed by atoms with Gasteiger partial charge in [0.1, 0.15) is 5.75 Å². The summed E-state index contributed by atoms with van der Waals surface area (Å²) >= 11 is 0.763. The predicted octanol–water partition coefficient (Wildman–Crippen LogP) is 4.65. The van der Waals surface area contributed by atoms with Gasteiger partial charge in [0.15, 0.2) is 5.16 Å². The van der Waals surface area contributed by atoms with Crippen LogP contribution in [0, 0.1) is 10.1 Å². The van der Waals surface area contributed by atoms with Crippen LogP contribution in [0.25, 0.3) is 11.0 Å². The molecule has 0 fully saturated rings. The number of aromatic amines is 1. The number of aromatic nitrogens is 2. The number of rotatable bonds is 4. The summed E-state index contributed by atoms with van der Waals surface area (Å²) in [6.45, 7) is 0. The van der Waals surface area contributed by atoms with Crippen LogP contribution in [-0.2, 0) is 6.18 Å². The van der Waals surface area contributed by atoms with Gasteiger partial charge >= 0.3 is 6.18 Å². The maximum atomic E-state index is 12.9. The van der Waals surface area contributed by atoms with Crippen LogP contribution in [0.5, 0.6) is 5.75 Å². The largest absolute Gasteiger partial charge is 0.497 e. The Morgan fingerprint density at radius 1 is 1.24 bits per heavy atom. The van der Waals surface area contributed by atoms with Gasteiger partial charge in [0.05, 0.1) is 33.5 Å². The van der Waals surface area contributed by atoms with Gasteiger partial charge in [-0.15, -0.1) is 0 Å². The van der Waals surface area contributed by atoms with Crippen LogP contribution >= 0.6 is 11.8 Å². The molecule has 1 aromatic heterocycles. The number of methoxy groups -OCH3 is 1. The molecule has 0 bridgehead atoms. The summed E-state index contributed by atoms with van der Waals surface area (Å²) in [7, 11) is 1.50. The van der Waals surface area contributed by atoms with Crippen LogP contribution in [-0.4, -0.2) is 22.0 Å². The Morgan fingerprint density at radius 3 is 2.64 bits per heavy atom. The quantitative estimate of drug-likeness (QED) is 0.535. The molecule has 0 atom stereocenters. The van der Waals surface area contributed by atoms with Crippen molar-refractivity contribution in [1.82, 2.24) is 9.97 Å². The van der Waals surface area contributed by atoms with Crippen molar-refractivity contribution >= 4 is 28.5 Å². The van der Waals surface area contributed by atoms with Crippen molar-refractivity contribution in [1.29, 1.82) is 0 Å². The SMILES string of the molecule is COc1ccc2nc(Sc3cc(C(F)(F)F)ccc3[N+](=O)[O-])[nH]c2c1. The van der Waals surface area contributed by atoms with E-state index in [0.717, 1.165) is 23.9 Å². The molecule has 1 N–H and O–H groups in total. The number of ether oxygens (including phenoxy) is 1. The second-order valence-corrected chi connectivity index (χ2v) is 6.00. The number of nitro groups is 1. The van der Waals surface area contributed by atoms with Crippen molar-refractivity contribution < 1.29 is 22.8 Å². The minimum atomic E-state index is -4.59. The second-order valence-electron chi connectivity index (χ2n) is 4.96. The van der Waals surface area contributed by atoms with Gasteiger partial charge in [0, 0.05) is 12.1 Å². The maximum absolute atomic E-state index is 12.9. The number of nitrogens with zero attached hydrogens (tertiary/aromatic N) is 2. The monoisotopic (exact) mass is 369 g/mol. The van der Waals surface area contributed by atoms with E-state index in [-0.39, 0.29) is 10.1 Å². The fourth-order valence-electron chi connectivity index (χ4n) is 2.17. The zero-order valence-corrected chi connectivity index (χ0v) is 13.4. The zero-order valence-electron chi connectivity index (χ0n) is 12.6. The van der Waals surface area contributed by atoms with Crippen LogP contribution in [0.2, 0.25) is 0 Å². The smallest absolute Gasteiger partial charge is 0.416 e. The van der Waals surface area contributed by atoms with Gasteiger partial charge < -0.3 is 9.72 Å². The van der Waals surface area contributed by atoms with Gasteiger partial charge in [-0.2, -0.15) is 13.2 Å². The zero-order chi connectivity index (χ0) is 18.2. The number of fused-ring (bicyclic) bond motifs is 1. The molecule has 0 aliphatic rings. The van der Waals surface area contributed by atoms with E-state index < -0.39 is 22.4 Å². The Morgan fingerprint density at radius 2 is 2.00 bits per heavy atom. The number of nitrogens with one attached hydrogen (secondary N) is 1. The minimum absolute atomic E-state index is 0.147. The summed E-state index contributed by atoms with van der Waals surface area (Å²) in [5, 5.41) is 11.3. The molecule has 3 aromatic rings. The number of nitro benzene ring substituents is 1. The highest BCUT2D eigenvalue weighted by molar-refractivity contribution is 7.99. The number of halogens is 3. The first-order chi connectivity index (χ1) is 11.8. The molecule has 0 amide bonds. The lowest BCUT2D eigenvalue weighted by molar-refractivity contribution is -0.387. The Bertz CT molecular complexity index is 956. The number of benzene rings is 2. The van der Waals surface area contributed by atoms with E-state index in [1.54, 1.807) is 18.2 Å². The molecule has 0 aliphatic heterocycles. The highest BCUT2D eigenvalue weighted by Gasteiger charge is 2.32. The third-order valence-corrected chi connectivity index (χ3v) is 4.29. The van der Waals surface area contributed by atoms with Crippen LogP contribution in [0.3, 0.4) is 0 Å². The van der Waals surface area contributed by atoms with E-state index in [4.69, 9.17) is 4.74 Å². The van der Waals surface area contributed by atoms with E-state index >= 15 is 0 Å². The molecular formula is C15H10F3N3O3S. The summed E-state index contributed by atoms with van der Waals surface area (Å²) < 4.78 is 43.7. The van der Waals surface area contributed by atoms with Crippen molar-refractivity contribution in [3.63, 3.8) is 0 Å². The number of hydrogen-bond acceptors (Lipinski definition) is 5. The van der Waals surface area contributed by atoms with Crippen molar-refractivity contribution in [2.75, 3.05) is 7.11 Å². The van der Waals surface area contributed by atoms with Gasteiger partial charge in [-0.05, 0) is 36.0 Å². The van der Waals surface area contributed by atoms with E-state index in [1.807, 2.05) is 0 Å². The topological polar surface area (TPSA) is 81.1 Å². The maximum Gasteiger partial charge on any atom is 0.416 e. The molecule has 0 saturated carbocycles. The van der Waals surface area contributed by atoms with Gasteiger partial charge in [-0.1, -0.05) is 0 Å². The average Bonchev–Trinajstić information content (AvgIpc) is 2.94. The Balaban J connectivity index is 2.02. The fourth-order valence-corrected chi connectivity index (χ4v) is 3.11. The van der Waals surface area contributed by atoms with Gasteiger partial charge in [0.25, 0.3) is 5.69 Å². The van der Waals surface area contributed by atoms with Crippen LogP contribution < -0.4 is 4.74 Å². The first kappa shape index (κ1) is 17.1. The molecule has 0 spiro atoms. The molecule has 0 aliphatic carbocycles. The summed E-state index contributed by atoms with van der Waals surface area (Å²) in [4.78, 5) is 17.4. The Hall–Kier alpha value is -2.75. The van der Waals surface area contributed by atoms with Crippen molar-refractivity contribution in [3.8, 4) is 5.75 Å². The van der Waals surface area contributed by atoms with Crippen molar-refractivity contribution in [2.24, 2.45) is 0 Å². The third-order valence-electron chi connectivity index (χ3n) is 3.36. The van der Waals surface area contributed by atoms with Gasteiger partial charge in [0.2, 0.25) is 0 Å². The first-order valence-electron chi connectivity index (χ1n) is 6.85. The molecule has 25 heavy (non-hydrogen) atoms. The number of alkyl halides is 3. The number of hydrogen-bond donors (Lipinski definition) is 1. The lowest BCUT2D eigenvalue weighted by Crippen LogP contribution is -2.05. The number of imidazole rings is 1. The molecule has 0 radical (unpaired) electrons. The minimum Gasteiger partial charge on any atom is -0.497 e. The standard InChI is InChI=1S/C15H10F3N3O3S/c1-24-9-3-4-10-11(7-9)20-14(19-10)25-13-6-8(15(16,17)18)2-5-12(13)21(22)23/h2-7H,1H3,(H,19,20). The van der Waals surface area contributed by atoms with Crippen molar-refractivity contribution in [2.45, 2.75) is 16.2 Å². The number of H-pyrrole nitrogens is 1. The molecule has 0 saturated heterocycles. The van der Waals surface area contributed by atoms with Crippen molar-refractivity contribution in [3.05, 3.63) is 52.1 Å². The van der Waals surface area contributed by atoms with Crippen LogP contribution in [0.4, 0.5) is 18.9 Å². The second kappa shape index (κ2) is 6.28. The van der Waals surface area contributed by atoms with Gasteiger partial charge in [-0.25, -0.2) is 4.98 Å². The molecule has 10 heteroatoms. The Labute approximate surface area is 143 Å². The van der Waals surface area contributed by atoms with E-state index in [0.29, 0.717) is 22.8 Å². The van der Waals surface area contributed by atoms with E-state index in [2.05, 4.69) is 9.97 Å². The summed E-state index contributed by atoms with van der Waals surface area (Å²) in [5.41, 5.74) is -0.205. The first-order valence-corrected chi connectivity index (χ1v) is 7.67. The molecule has 2 aromatic carbocycles. The molecule has 0 unspecified atom stereocenters. The molecular weight excluding hydrogens is 359 g/mol. The summed E-state index contributed by atoms with van der Waals surface area (Å²) in [6, 6.07) is 7.31. The molecule has 6 nitrogen and oxygen atoms in total. The highest BCUT2D eigenvalue weighted by atomic mass is 32.2. The Kier molecular flexibility index (Phi) is 4.29. The normalized spacial score (nSPS) is 11.7. The lowest BCUT2D eigenvalue weighted by Gasteiger charge is -2.08. The molecule has 130 valence electrons. The lowest BCUT2D eigenvalue weighted by atomic mass is 10.2. The van der Waals surface area contributed by atoms with E-state index in [9.17, 15) is 23.3 Å². The van der Waals surface area contributed by atoms with Crippen LogP contribution in [0.1, 0.15) is 5.56 Å². The fraction of sp³-hybridized carbons (Fsp3) is 0.133. The molecule has 1 heterocycles. The predicted molar refractivity (Wildman–Crippen MR) is 84.9 cm³/mol. The van der Waals surface area contributed by atoms with Gasteiger partial charge in [-0.3, -0.25) is 10.1 Å². The van der Waals surface area contributed by atoms with Crippen LogP contribution in [0.15, 0.2) is 46.5 Å². The summed E-state index contributed by atoms with van der Waals surface area (Å²) in [6.07, 6.45) is -4.59. The average molecular weight is 369 g/mol. The summed E-state index contributed by atoms with van der Waals surface area (Å²) in [5.74, 6) is 0.581. The third kappa shape index (κ3) is 3.53.